The van der Waals surface area contributed by atoms with E-state index in [4.69, 9.17) is 0 Å². The van der Waals surface area contributed by atoms with Crippen molar-refractivity contribution in [1.82, 2.24) is 10.6 Å². The number of hydrogen-bond donors (Lipinski definition) is 2. The normalized spacial score (nSPS) is 16.7. The smallest absolute Gasteiger partial charge is 0.357 e. The highest BCUT2D eigenvalue weighted by atomic mass is 127. The molecule has 0 amide bonds. The standard InChI is InChI=1S/C18H26F3N3O2S.HI/c1-3-22-16(23-10-11-27(2,25)26)24-13-17(8-5-9-17)14-6-4-7-15(12-14)18(19,20)21;/h4,6-7,12H,3,5,8-11,13H2,1-2H3,(H2,22,23,24);1H. The third-order valence-corrected chi connectivity index (χ3v) is 5.71. The lowest BCUT2D eigenvalue weighted by atomic mass is 9.64. The van der Waals surface area contributed by atoms with Crippen molar-refractivity contribution in [3.8, 4) is 0 Å². The summed E-state index contributed by atoms with van der Waals surface area (Å²) in [6.45, 7) is 3.06. The Hall–Kier alpha value is -1.04. The Morgan fingerprint density at radius 2 is 1.93 bits per heavy atom. The molecule has 1 fully saturated rings. The van der Waals surface area contributed by atoms with Crippen LogP contribution in [0.25, 0.3) is 0 Å². The first-order valence-electron chi connectivity index (χ1n) is 8.93. The molecule has 1 saturated carbocycles. The molecule has 28 heavy (non-hydrogen) atoms. The third kappa shape index (κ3) is 7.09. The predicted octanol–water partition coefficient (Wildman–Crippen LogP) is 3.34. The number of sulfone groups is 1. The number of hydrogen-bond acceptors (Lipinski definition) is 3. The summed E-state index contributed by atoms with van der Waals surface area (Å²) in [5.41, 5.74) is -0.395. The zero-order valence-corrected chi connectivity index (χ0v) is 19.1. The summed E-state index contributed by atoms with van der Waals surface area (Å²) in [6.07, 6.45) is -0.701. The van der Waals surface area contributed by atoms with Gasteiger partial charge in [0.25, 0.3) is 0 Å². The molecule has 0 unspecified atom stereocenters. The van der Waals surface area contributed by atoms with Crippen LogP contribution in [0.4, 0.5) is 13.2 Å². The van der Waals surface area contributed by atoms with Gasteiger partial charge in [-0.2, -0.15) is 13.2 Å². The van der Waals surface area contributed by atoms with Gasteiger partial charge in [0.05, 0.1) is 17.9 Å². The van der Waals surface area contributed by atoms with Crippen molar-refractivity contribution in [1.29, 1.82) is 0 Å². The number of halogens is 4. The maximum absolute atomic E-state index is 13.0. The minimum atomic E-state index is -4.37. The second-order valence-electron chi connectivity index (χ2n) is 6.96. The molecule has 0 saturated heterocycles. The van der Waals surface area contributed by atoms with E-state index in [0.717, 1.165) is 31.6 Å². The molecular weight excluding hydrogens is 506 g/mol. The second-order valence-corrected chi connectivity index (χ2v) is 9.22. The van der Waals surface area contributed by atoms with E-state index < -0.39 is 27.0 Å². The fourth-order valence-corrected chi connectivity index (χ4v) is 3.57. The molecule has 0 radical (unpaired) electrons. The topological polar surface area (TPSA) is 70.6 Å². The van der Waals surface area contributed by atoms with Crippen LogP contribution in [0.3, 0.4) is 0 Å². The van der Waals surface area contributed by atoms with Gasteiger partial charge in [-0.05, 0) is 31.4 Å². The molecule has 1 aromatic carbocycles. The number of benzene rings is 1. The SMILES string of the molecule is CCNC(=NCC1(c2cccc(C(F)(F)F)c2)CCC1)NCCS(C)(=O)=O.I. The quantitative estimate of drug-likeness (QED) is 0.321. The number of rotatable bonds is 7. The summed E-state index contributed by atoms with van der Waals surface area (Å²) in [4.78, 5) is 4.51. The fraction of sp³-hybridized carbons (Fsp3) is 0.611. The largest absolute Gasteiger partial charge is 0.416 e. The summed E-state index contributed by atoms with van der Waals surface area (Å²) in [7, 11) is -3.09. The summed E-state index contributed by atoms with van der Waals surface area (Å²) in [6, 6.07) is 5.47. The first-order valence-corrected chi connectivity index (χ1v) is 11.0. The van der Waals surface area contributed by atoms with Gasteiger partial charge in [-0.1, -0.05) is 24.6 Å². The molecule has 1 aromatic rings. The fourth-order valence-electron chi connectivity index (χ4n) is 3.09. The minimum Gasteiger partial charge on any atom is -0.357 e. The van der Waals surface area contributed by atoms with Gasteiger partial charge in [-0.15, -0.1) is 24.0 Å². The maximum Gasteiger partial charge on any atom is 0.416 e. The lowest BCUT2D eigenvalue weighted by Crippen LogP contribution is -2.42. The zero-order chi connectivity index (χ0) is 20.1. The first-order chi connectivity index (χ1) is 12.6. The Balaban J connectivity index is 0.00000392. The average molecular weight is 533 g/mol. The molecule has 0 heterocycles. The van der Waals surface area contributed by atoms with Crippen molar-refractivity contribution in [2.75, 3.05) is 31.6 Å². The van der Waals surface area contributed by atoms with Crippen molar-refractivity contribution < 1.29 is 21.6 Å². The van der Waals surface area contributed by atoms with Crippen molar-refractivity contribution in [2.24, 2.45) is 4.99 Å². The Kier molecular flexibility index (Phi) is 9.04. The molecule has 10 heteroatoms. The van der Waals surface area contributed by atoms with Gasteiger partial charge in [0.15, 0.2) is 5.96 Å². The lowest BCUT2D eigenvalue weighted by molar-refractivity contribution is -0.137. The van der Waals surface area contributed by atoms with E-state index in [2.05, 4.69) is 15.6 Å². The third-order valence-electron chi connectivity index (χ3n) is 4.76. The Bertz CT molecular complexity index is 779. The zero-order valence-electron chi connectivity index (χ0n) is 16.0. The van der Waals surface area contributed by atoms with Crippen molar-refractivity contribution in [3.63, 3.8) is 0 Å². The van der Waals surface area contributed by atoms with E-state index >= 15 is 0 Å². The molecular formula is C18H27F3IN3O2S. The van der Waals surface area contributed by atoms with Crippen LogP contribution < -0.4 is 10.6 Å². The molecule has 0 aliphatic heterocycles. The summed E-state index contributed by atoms with van der Waals surface area (Å²) in [5.74, 6) is 0.454. The minimum absolute atomic E-state index is 0. The van der Waals surface area contributed by atoms with Crippen LogP contribution in [-0.2, 0) is 21.4 Å². The van der Waals surface area contributed by atoms with Crippen molar-refractivity contribution >= 4 is 39.8 Å². The van der Waals surface area contributed by atoms with Crippen molar-refractivity contribution in [2.45, 2.75) is 37.8 Å². The van der Waals surface area contributed by atoms with Gasteiger partial charge < -0.3 is 10.6 Å². The average Bonchev–Trinajstić information content (AvgIpc) is 2.52. The summed E-state index contributed by atoms with van der Waals surface area (Å²) in [5, 5.41) is 6.01. The highest BCUT2D eigenvalue weighted by molar-refractivity contribution is 14.0. The van der Waals surface area contributed by atoms with E-state index in [0.29, 0.717) is 24.6 Å². The van der Waals surface area contributed by atoms with Crippen LogP contribution in [0, 0.1) is 0 Å². The van der Waals surface area contributed by atoms with E-state index in [1.54, 1.807) is 6.07 Å². The summed E-state index contributed by atoms with van der Waals surface area (Å²) < 4.78 is 61.6. The molecule has 2 N–H and O–H groups in total. The van der Waals surface area contributed by atoms with Crippen LogP contribution >= 0.6 is 24.0 Å². The van der Waals surface area contributed by atoms with Crippen molar-refractivity contribution in [3.05, 3.63) is 35.4 Å². The molecule has 0 aromatic heterocycles. The number of alkyl halides is 3. The van der Waals surface area contributed by atoms with Gasteiger partial charge in [-0.25, -0.2) is 8.42 Å². The van der Waals surface area contributed by atoms with Crippen LogP contribution in [-0.4, -0.2) is 46.0 Å². The van der Waals surface area contributed by atoms with E-state index in [1.807, 2.05) is 6.92 Å². The van der Waals surface area contributed by atoms with E-state index in [1.165, 1.54) is 12.1 Å². The molecule has 0 atom stereocenters. The predicted molar refractivity (Wildman–Crippen MR) is 116 cm³/mol. The summed E-state index contributed by atoms with van der Waals surface area (Å²) >= 11 is 0. The number of aliphatic imine (C=N–C) groups is 1. The Morgan fingerprint density at radius 1 is 1.25 bits per heavy atom. The number of nitrogens with zero attached hydrogens (tertiary/aromatic N) is 1. The molecule has 5 nitrogen and oxygen atoms in total. The maximum atomic E-state index is 13.0. The van der Waals surface area contributed by atoms with Crippen LogP contribution in [0.2, 0.25) is 0 Å². The molecule has 0 bridgehead atoms. The van der Waals surface area contributed by atoms with E-state index in [9.17, 15) is 21.6 Å². The molecule has 1 aliphatic carbocycles. The highest BCUT2D eigenvalue weighted by Crippen LogP contribution is 2.45. The Morgan fingerprint density at radius 3 is 2.43 bits per heavy atom. The first kappa shape index (κ1) is 25.0. The van der Waals surface area contributed by atoms with Crippen LogP contribution in [0.5, 0.6) is 0 Å². The highest BCUT2D eigenvalue weighted by Gasteiger charge is 2.40. The van der Waals surface area contributed by atoms with Gasteiger partial charge in [-0.3, -0.25) is 4.99 Å². The Labute approximate surface area is 181 Å². The van der Waals surface area contributed by atoms with Gasteiger partial charge in [0.2, 0.25) is 0 Å². The molecule has 2 rings (SSSR count). The van der Waals surface area contributed by atoms with Crippen LogP contribution in [0.15, 0.2) is 29.3 Å². The second kappa shape index (κ2) is 10.1. The van der Waals surface area contributed by atoms with Gasteiger partial charge in [0, 0.05) is 24.8 Å². The lowest BCUT2D eigenvalue weighted by Gasteiger charge is -2.41. The number of nitrogens with one attached hydrogen (secondary N) is 2. The monoisotopic (exact) mass is 533 g/mol. The van der Waals surface area contributed by atoms with Gasteiger partial charge >= 0.3 is 6.18 Å². The van der Waals surface area contributed by atoms with Crippen LogP contribution in [0.1, 0.15) is 37.3 Å². The van der Waals surface area contributed by atoms with E-state index in [-0.39, 0.29) is 36.3 Å². The van der Waals surface area contributed by atoms with Gasteiger partial charge in [0.1, 0.15) is 9.84 Å². The molecule has 160 valence electrons. The molecule has 0 spiro atoms. The number of guanidine groups is 1. The molecule has 1 aliphatic rings.